The van der Waals surface area contributed by atoms with Crippen LogP contribution in [0.25, 0.3) is 0 Å². The van der Waals surface area contributed by atoms with Crippen LogP contribution in [0.4, 0.5) is 0 Å². The molecule has 1 N–H and O–H groups in total. The van der Waals surface area contributed by atoms with Gasteiger partial charge in [0.05, 0.1) is 5.56 Å². The Balaban J connectivity index is 2.66. The average Bonchev–Trinajstić information content (AvgIpc) is 2.26. The topological polar surface area (TPSA) is 29.1 Å². The minimum atomic E-state index is -0.0220. The highest BCUT2D eigenvalue weighted by Crippen LogP contribution is 2.25. The quantitative estimate of drug-likeness (QED) is 0.898. The molecule has 0 unspecified atom stereocenters. The number of halogens is 1. The summed E-state index contributed by atoms with van der Waals surface area (Å²) in [6, 6.07) is 7.47. The Bertz CT molecular complexity index is 399. The van der Waals surface area contributed by atoms with E-state index >= 15 is 0 Å². The summed E-state index contributed by atoms with van der Waals surface area (Å²) in [4.78, 5) is 12.0. The summed E-state index contributed by atoms with van der Waals surface area (Å²) >= 11 is 3.39. The second kappa shape index (κ2) is 5.67. The van der Waals surface area contributed by atoms with Gasteiger partial charge in [-0.15, -0.1) is 0 Å². The molecule has 1 rings (SSSR count). The van der Waals surface area contributed by atoms with Gasteiger partial charge in [-0.2, -0.15) is 0 Å². The van der Waals surface area contributed by atoms with Crippen LogP contribution in [0.3, 0.4) is 0 Å². The van der Waals surface area contributed by atoms with Crippen molar-refractivity contribution in [3.8, 4) is 0 Å². The smallest absolute Gasteiger partial charge is 0.252 e. The normalized spacial score (nSPS) is 11.6. The van der Waals surface area contributed by atoms with Gasteiger partial charge in [-0.25, -0.2) is 0 Å². The third-order valence-electron chi connectivity index (χ3n) is 3.39. The third kappa shape index (κ3) is 3.84. The molecule has 1 amide bonds. The summed E-state index contributed by atoms with van der Waals surface area (Å²) in [5.74, 6) is 0.508. The lowest BCUT2D eigenvalue weighted by Crippen LogP contribution is -2.37. The van der Waals surface area contributed by atoms with E-state index in [4.69, 9.17) is 0 Å². The summed E-state index contributed by atoms with van der Waals surface area (Å²) in [7, 11) is 0. The highest BCUT2D eigenvalue weighted by Gasteiger charge is 2.23. The van der Waals surface area contributed by atoms with Gasteiger partial charge in [0.25, 0.3) is 5.91 Å². The van der Waals surface area contributed by atoms with Crippen molar-refractivity contribution in [2.45, 2.75) is 27.7 Å². The number of amides is 1. The maximum absolute atomic E-state index is 12.0. The number of hydrogen-bond donors (Lipinski definition) is 1. The molecular weight excluding hydrogens is 278 g/mol. The zero-order valence-electron chi connectivity index (χ0n) is 10.9. The zero-order chi connectivity index (χ0) is 13.1. The fourth-order valence-electron chi connectivity index (χ4n) is 1.25. The summed E-state index contributed by atoms with van der Waals surface area (Å²) < 4.78 is 0.833. The molecule has 0 aliphatic rings. The van der Waals surface area contributed by atoms with E-state index in [1.807, 2.05) is 24.3 Å². The SMILES string of the molecule is CC(C)C(C)(C)CNC(=O)c1ccccc1Br. The molecule has 17 heavy (non-hydrogen) atoms. The number of carbonyl (C=O) groups is 1. The second-order valence-electron chi connectivity index (χ2n) is 5.31. The van der Waals surface area contributed by atoms with Crippen LogP contribution in [0, 0.1) is 11.3 Å². The Morgan fingerprint density at radius 1 is 1.35 bits per heavy atom. The van der Waals surface area contributed by atoms with Crippen molar-refractivity contribution in [1.82, 2.24) is 5.32 Å². The van der Waals surface area contributed by atoms with E-state index in [2.05, 4.69) is 48.9 Å². The van der Waals surface area contributed by atoms with Gasteiger partial charge in [0.1, 0.15) is 0 Å². The molecule has 0 aromatic heterocycles. The molecule has 3 heteroatoms. The lowest BCUT2D eigenvalue weighted by Gasteiger charge is -2.29. The highest BCUT2D eigenvalue weighted by atomic mass is 79.9. The third-order valence-corrected chi connectivity index (χ3v) is 4.08. The van der Waals surface area contributed by atoms with Crippen LogP contribution < -0.4 is 5.32 Å². The molecule has 0 fully saturated rings. The van der Waals surface area contributed by atoms with E-state index in [-0.39, 0.29) is 11.3 Å². The van der Waals surface area contributed by atoms with Gasteiger partial charge >= 0.3 is 0 Å². The van der Waals surface area contributed by atoms with Crippen molar-refractivity contribution in [3.63, 3.8) is 0 Å². The van der Waals surface area contributed by atoms with Crippen LogP contribution in [0.15, 0.2) is 28.7 Å². The molecule has 1 aromatic carbocycles. The molecule has 1 aromatic rings. The Labute approximate surface area is 112 Å². The van der Waals surface area contributed by atoms with Gasteiger partial charge in [0.15, 0.2) is 0 Å². The van der Waals surface area contributed by atoms with E-state index in [0.29, 0.717) is 18.0 Å². The summed E-state index contributed by atoms with van der Waals surface area (Å²) in [5.41, 5.74) is 0.795. The van der Waals surface area contributed by atoms with Gasteiger partial charge in [0, 0.05) is 11.0 Å². The standard InChI is InChI=1S/C14H20BrNO/c1-10(2)14(3,4)9-16-13(17)11-7-5-6-8-12(11)15/h5-8,10H,9H2,1-4H3,(H,16,17). The maximum Gasteiger partial charge on any atom is 0.252 e. The molecule has 2 nitrogen and oxygen atoms in total. The predicted molar refractivity (Wildman–Crippen MR) is 75.1 cm³/mol. The number of rotatable bonds is 4. The van der Waals surface area contributed by atoms with Crippen molar-refractivity contribution in [1.29, 1.82) is 0 Å². The van der Waals surface area contributed by atoms with Crippen LogP contribution in [0.1, 0.15) is 38.1 Å². The maximum atomic E-state index is 12.0. The largest absolute Gasteiger partial charge is 0.351 e. The fourth-order valence-corrected chi connectivity index (χ4v) is 1.72. The molecule has 0 atom stereocenters. The average molecular weight is 298 g/mol. The number of nitrogens with one attached hydrogen (secondary N) is 1. The minimum Gasteiger partial charge on any atom is -0.351 e. The van der Waals surface area contributed by atoms with Crippen molar-refractivity contribution in [2.24, 2.45) is 11.3 Å². The van der Waals surface area contributed by atoms with Gasteiger partial charge in [0.2, 0.25) is 0 Å². The molecule has 0 spiro atoms. The van der Waals surface area contributed by atoms with Crippen molar-refractivity contribution in [3.05, 3.63) is 34.3 Å². The van der Waals surface area contributed by atoms with Crippen LogP contribution in [-0.4, -0.2) is 12.5 Å². The number of hydrogen-bond acceptors (Lipinski definition) is 1. The first kappa shape index (κ1) is 14.2. The Hall–Kier alpha value is -0.830. The van der Waals surface area contributed by atoms with E-state index in [1.165, 1.54) is 0 Å². The van der Waals surface area contributed by atoms with Crippen LogP contribution in [-0.2, 0) is 0 Å². The van der Waals surface area contributed by atoms with E-state index in [0.717, 1.165) is 4.47 Å². The first-order valence-corrected chi connectivity index (χ1v) is 6.66. The van der Waals surface area contributed by atoms with Crippen LogP contribution in [0.5, 0.6) is 0 Å². The van der Waals surface area contributed by atoms with Gasteiger partial charge in [-0.05, 0) is 39.4 Å². The summed E-state index contributed by atoms with van der Waals surface area (Å²) in [6.45, 7) is 9.36. The molecular formula is C14H20BrNO. The molecule has 0 bridgehead atoms. The molecule has 0 saturated carbocycles. The molecule has 0 saturated heterocycles. The molecule has 0 radical (unpaired) electrons. The lowest BCUT2D eigenvalue weighted by molar-refractivity contribution is 0.0924. The van der Waals surface area contributed by atoms with Crippen molar-refractivity contribution >= 4 is 21.8 Å². The van der Waals surface area contributed by atoms with Gasteiger partial charge in [-0.3, -0.25) is 4.79 Å². The fraction of sp³-hybridized carbons (Fsp3) is 0.500. The van der Waals surface area contributed by atoms with Crippen molar-refractivity contribution in [2.75, 3.05) is 6.54 Å². The van der Waals surface area contributed by atoms with E-state index in [1.54, 1.807) is 0 Å². The lowest BCUT2D eigenvalue weighted by atomic mass is 9.81. The van der Waals surface area contributed by atoms with Gasteiger partial charge < -0.3 is 5.32 Å². The predicted octanol–water partition coefficient (Wildman–Crippen LogP) is 3.86. The molecule has 0 aliphatic carbocycles. The van der Waals surface area contributed by atoms with E-state index < -0.39 is 0 Å². The highest BCUT2D eigenvalue weighted by molar-refractivity contribution is 9.10. The first-order chi connectivity index (χ1) is 7.84. The van der Waals surface area contributed by atoms with Gasteiger partial charge in [-0.1, -0.05) is 39.8 Å². The Kier molecular flexibility index (Phi) is 4.75. The van der Waals surface area contributed by atoms with Crippen LogP contribution >= 0.6 is 15.9 Å². The second-order valence-corrected chi connectivity index (χ2v) is 6.16. The monoisotopic (exact) mass is 297 g/mol. The Morgan fingerprint density at radius 2 is 1.94 bits per heavy atom. The van der Waals surface area contributed by atoms with E-state index in [9.17, 15) is 4.79 Å². The summed E-state index contributed by atoms with van der Waals surface area (Å²) in [6.07, 6.45) is 0. The molecule has 94 valence electrons. The Morgan fingerprint density at radius 3 is 2.47 bits per heavy atom. The molecule has 0 heterocycles. The minimum absolute atomic E-state index is 0.0220. The number of benzene rings is 1. The van der Waals surface area contributed by atoms with Crippen molar-refractivity contribution < 1.29 is 4.79 Å². The number of carbonyl (C=O) groups excluding carboxylic acids is 1. The molecule has 0 aliphatic heterocycles. The zero-order valence-corrected chi connectivity index (χ0v) is 12.5. The summed E-state index contributed by atoms with van der Waals surface area (Å²) in [5, 5.41) is 2.99. The first-order valence-electron chi connectivity index (χ1n) is 5.87. The van der Waals surface area contributed by atoms with Crippen LogP contribution in [0.2, 0.25) is 0 Å².